The number of phenolic OH excluding ortho intramolecular Hbond substituents is 1. The third-order valence-corrected chi connectivity index (χ3v) is 3.32. The van der Waals surface area contributed by atoms with E-state index in [2.05, 4.69) is 6.92 Å². The van der Waals surface area contributed by atoms with E-state index in [0.29, 0.717) is 11.0 Å². The summed E-state index contributed by atoms with van der Waals surface area (Å²) in [5.74, 6) is 1.28. The molecule has 3 N–H and O–H groups in total. The van der Waals surface area contributed by atoms with Crippen LogP contribution in [0, 0.1) is 0 Å². The van der Waals surface area contributed by atoms with E-state index >= 15 is 0 Å². The van der Waals surface area contributed by atoms with Crippen LogP contribution in [0.4, 0.5) is 0 Å². The van der Waals surface area contributed by atoms with Gasteiger partial charge in [-0.25, -0.2) is 0 Å². The number of thioether (sulfide) groups is 1. The van der Waals surface area contributed by atoms with Crippen molar-refractivity contribution in [1.29, 1.82) is 0 Å². The largest absolute Gasteiger partial charge is 0.508 e. The first kappa shape index (κ1) is 11.4. The highest BCUT2D eigenvalue weighted by Crippen LogP contribution is 2.21. The minimum absolute atomic E-state index is 0.342. The van der Waals surface area contributed by atoms with Gasteiger partial charge in [-0.2, -0.15) is 11.8 Å². The van der Waals surface area contributed by atoms with Crippen molar-refractivity contribution >= 4 is 11.8 Å². The van der Waals surface area contributed by atoms with Gasteiger partial charge < -0.3 is 10.8 Å². The quantitative estimate of drug-likeness (QED) is 0.786. The molecule has 0 aliphatic carbocycles. The molecular weight excluding hydrogens is 194 g/mol. The molecular formula is C11H17NOS. The van der Waals surface area contributed by atoms with Gasteiger partial charge in [0.25, 0.3) is 0 Å². The van der Waals surface area contributed by atoms with Crippen LogP contribution in [0.5, 0.6) is 5.75 Å². The topological polar surface area (TPSA) is 46.2 Å². The number of benzene rings is 1. The Labute approximate surface area is 89.5 Å². The van der Waals surface area contributed by atoms with Gasteiger partial charge in [-0.1, -0.05) is 19.1 Å². The molecule has 0 radical (unpaired) electrons. The van der Waals surface area contributed by atoms with Gasteiger partial charge in [0.05, 0.1) is 0 Å². The number of phenols is 1. The summed E-state index contributed by atoms with van der Waals surface area (Å²) < 4.78 is 0. The van der Waals surface area contributed by atoms with Gasteiger partial charge in [0.2, 0.25) is 0 Å². The lowest BCUT2D eigenvalue weighted by Gasteiger charge is -2.09. The highest BCUT2D eigenvalue weighted by atomic mass is 32.2. The maximum atomic E-state index is 9.25. The number of rotatable bonds is 5. The normalized spacial score (nSPS) is 12.7. The Morgan fingerprint density at radius 2 is 2.29 bits per heavy atom. The molecule has 0 saturated carbocycles. The zero-order valence-electron chi connectivity index (χ0n) is 8.44. The summed E-state index contributed by atoms with van der Waals surface area (Å²) in [5.41, 5.74) is 6.63. The lowest BCUT2D eigenvalue weighted by atomic mass is 10.2. The van der Waals surface area contributed by atoms with E-state index in [1.165, 1.54) is 5.56 Å². The molecule has 0 bridgehead atoms. The zero-order chi connectivity index (χ0) is 10.4. The van der Waals surface area contributed by atoms with E-state index in [1.807, 2.05) is 30.0 Å². The van der Waals surface area contributed by atoms with Crippen molar-refractivity contribution in [3.63, 3.8) is 0 Å². The number of hydrogen-bond acceptors (Lipinski definition) is 3. The standard InChI is InChI=1S/C11H17NOS/c1-9(5-6-12)14-8-10-3-2-4-11(13)7-10/h2-4,7,9,13H,5-6,8,12H2,1H3. The van der Waals surface area contributed by atoms with E-state index in [1.54, 1.807) is 6.07 Å². The van der Waals surface area contributed by atoms with E-state index in [9.17, 15) is 5.11 Å². The second kappa shape index (κ2) is 5.94. The summed E-state index contributed by atoms with van der Waals surface area (Å²) in [7, 11) is 0. The number of nitrogens with two attached hydrogens (primary N) is 1. The molecule has 1 aromatic carbocycles. The molecule has 0 amide bonds. The van der Waals surface area contributed by atoms with Crippen LogP contribution in [0.25, 0.3) is 0 Å². The molecule has 0 fully saturated rings. The van der Waals surface area contributed by atoms with Gasteiger partial charge in [0.15, 0.2) is 0 Å². The first-order valence-electron chi connectivity index (χ1n) is 4.82. The molecule has 0 aliphatic rings. The van der Waals surface area contributed by atoms with Crippen molar-refractivity contribution in [3.8, 4) is 5.75 Å². The summed E-state index contributed by atoms with van der Waals surface area (Å²) >= 11 is 1.87. The highest BCUT2D eigenvalue weighted by molar-refractivity contribution is 7.99. The van der Waals surface area contributed by atoms with Crippen LogP contribution in [0.15, 0.2) is 24.3 Å². The van der Waals surface area contributed by atoms with Gasteiger partial charge in [-0.15, -0.1) is 0 Å². The molecule has 14 heavy (non-hydrogen) atoms. The minimum Gasteiger partial charge on any atom is -0.508 e. The van der Waals surface area contributed by atoms with Crippen molar-refractivity contribution in [2.75, 3.05) is 6.54 Å². The molecule has 0 spiro atoms. The molecule has 0 aromatic heterocycles. The van der Waals surface area contributed by atoms with Gasteiger partial charge in [-0.3, -0.25) is 0 Å². The molecule has 78 valence electrons. The molecule has 1 unspecified atom stereocenters. The van der Waals surface area contributed by atoms with Gasteiger partial charge >= 0.3 is 0 Å². The van der Waals surface area contributed by atoms with E-state index in [0.717, 1.165) is 18.7 Å². The zero-order valence-corrected chi connectivity index (χ0v) is 9.26. The second-order valence-corrected chi connectivity index (χ2v) is 4.80. The highest BCUT2D eigenvalue weighted by Gasteiger charge is 2.02. The lowest BCUT2D eigenvalue weighted by Crippen LogP contribution is -2.07. The second-order valence-electron chi connectivity index (χ2n) is 3.37. The van der Waals surface area contributed by atoms with Crippen molar-refractivity contribution in [2.45, 2.75) is 24.3 Å². The summed E-state index contributed by atoms with van der Waals surface area (Å²) in [6.07, 6.45) is 1.05. The van der Waals surface area contributed by atoms with Crippen LogP contribution < -0.4 is 5.73 Å². The van der Waals surface area contributed by atoms with Gasteiger partial charge in [0, 0.05) is 11.0 Å². The maximum absolute atomic E-state index is 9.25. The first-order chi connectivity index (χ1) is 6.72. The molecule has 1 rings (SSSR count). The van der Waals surface area contributed by atoms with Gasteiger partial charge in [0.1, 0.15) is 5.75 Å². The summed E-state index contributed by atoms with van der Waals surface area (Å²) in [4.78, 5) is 0. The summed E-state index contributed by atoms with van der Waals surface area (Å²) in [5, 5.41) is 9.84. The predicted molar refractivity (Wildman–Crippen MR) is 62.5 cm³/mol. The third kappa shape index (κ3) is 4.03. The maximum Gasteiger partial charge on any atom is 0.115 e. The number of hydrogen-bond donors (Lipinski definition) is 2. The fourth-order valence-electron chi connectivity index (χ4n) is 1.20. The van der Waals surface area contributed by atoms with Crippen LogP contribution in [0.3, 0.4) is 0 Å². The van der Waals surface area contributed by atoms with Crippen molar-refractivity contribution in [2.24, 2.45) is 5.73 Å². The summed E-state index contributed by atoms with van der Waals surface area (Å²) in [6.45, 7) is 2.93. The smallest absolute Gasteiger partial charge is 0.115 e. The fraction of sp³-hybridized carbons (Fsp3) is 0.455. The Bertz CT molecular complexity index is 278. The molecule has 0 heterocycles. The van der Waals surface area contributed by atoms with Crippen LogP contribution in [-0.4, -0.2) is 16.9 Å². The Morgan fingerprint density at radius 1 is 1.50 bits per heavy atom. The third-order valence-electron chi connectivity index (χ3n) is 2.02. The Morgan fingerprint density at radius 3 is 2.93 bits per heavy atom. The average Bonchev–Trinajstić information content (AvgIpc) is 2.15. The van der Waals surface area contributed by atoms with E-state index in [4.69, 9.17) is 5.73 Å². The van der Waals surface area contributed by atoms with Crippen LogP contribution in [-0.2, 0) is 5.75 Å². The van der Waals surface area contributed by atoms with E-state index in [-0.39, 0.29) is 0 Å². The Hall–Kier alpha value is -0.670. The summed E-state index contributed by atoms with van der Waals surface area (Å²) in [6, 6.07) is 7.40. The van der Waals surface area contributed by atoms with Gasteiger partial charge in [-0.05, 0) is 30.7 Å². The predicted octanol–water partition coefficient (Wildman–Crippen LogP) is 2.36. The number of aromatic hydroxyl groups is 1. The molecule has 2 nitrogen and oxygen atoms in total. The van der Waals surface area contributed by atoms with Crippen LogP contribution >= 0.6 is 11.8 Å². The molecule has 3 heteroatoms. The van der Waals surface area contributed by atoms with Crippen molar-refractivity contribution in [3.05, 3.63) is 29.8 Å². The molecule has 0 aliphatic heterocycles. The fourth-order valence-corrected chi connectivity index (χ4v) is 2.16. The van der Waals surface area contributed by atoms with Crippen LogP contribution in [0.2, 0.25) is 0 Å². The van der Waals surface area contributed by atoms with E-state index < -0.39 is 0 Å². The molecule has 1 aromatic rings. The Kier molecular flexibility index (Phi) is 4.84. The minimum atomic E-state index is 0.342. The van der Waals surface area contributed by atoms with Crippen molar-refractivity contribution in [1.82, 2.24) is 0 Å². The van der Waals surface area contributed by atoms with Crippen LogP contribution in [0.1, 0.15) is 18.9 Å². The van der Waals surface area contributed by atoms with Crippen molar-refractivity contribution < 1.29 is 5.11 Å². The average molecular weight is 211 g/mol. The Balaban J connectivity index is 2.37. The SMILES string of the molecule is CC(CCN)SCc1cccc(O)c1. The first-order valence-corrected chi connectivity index (χ1v) is 5.87. The molecule has 0 saturated heterocycles. The monoisotopic (exact) mass is 211 g/mol. The molecule has 1 atom stereocenters. The lowest BCUT2D eigenvalue weighted by molar-refractivity contribution is 0.475.